The number of halogens is 2. The second kappa shape index (κ2) is 6.38. The molecular weight excluding hydrogens is 386 g/mol. The van der Waals surface area contributed by atoms with E-state index in [2.05, 4.69) is 60.4 Å². The molecule has 1 N–H and O–H groups in total. The van der Waals surface area contributed by atoms with Gasteiger partial charge in [0.25, 0.3) is 0 Å². The van der Waals surface area contributed by atoms with Crippen molar-refractivity contribution >= 4 is 54.5 Å². The second-order valence-corrected chi connectivity index (χ2v) is 7.70. The fourth-order valence-corrected chi connectivity index (χ4v) is 4.13. The highest BCUT2D eigenvalue weighted by Gasteiger charge is 2.11. The first-order chi connectivity index (χ1) is 8.20. The molecule has 2 rings (SSSR count). The molecule has 0 aliphatic heterocycles. The summed E-state index contributed by atoms with van der Waals surface area (Å²) in [6.07, 6.45) is 1.14. The predicted molar refractivity (Wildman–Crippen MR) is 80.6 cm³/mol. The number of hydrogen-bond acceptors (Lipinski definition) is 5. The molecule has 0 unspecified atom stereocenters. The second-order valence-electron chi connectivity index (χ2n) is 3.41. The van der Waals surface area contributed by atoms with Crippen LogP contribution in [0.15, 0.2) is 14.3 Å². The molecule has 2 heterocycles. The van der Waals surface area contributed by atoms with Crippen LogP contribution < -0.4 is 5.32 Å². The van der Waals surface area contributed by atoms with Crippen molar-refractivity contribution in [3.8, 4) is 9.88 Å². The third kappa shape index (κ3) is 3.57. The summed E-state index contributed by atoms with van der Waals surface area (Å²) in [4.78, 5) is 1.14. The molecule has 2 aromatic heterocycles. The molecule has 2 aromatic rings. The van der Waals surface area contributed by atoms with Crippen LogP contribution in [0.2, 0.25) is 0 Å². The Morgan fingerprint density at radius 3 is 2.76 bits per heavy atom. The molecule has 0 amide bonds. The molecule has 0 aliphatic carbocycles. The van der Waals surface area contributed by atoms with Crippen molar-refractivity contribution in [1.82, 2.24) is 15.5 Å². The lowest BCUT2D eigenvalue weighted by molar-refractivity contribution is 0.668. The molecular formula is C10H11Br2N3S2. The summed E-state index contributed by atoms with van der Waals surface area (Å²) in [5.41, 5.74) is 0. The minimum absolute atomic E-state index is 0.805. The molecule has 17 heavy (non-hydrogen) atoms. The zero-order valence-corrected chi connectivity index (χ0v) is 14.0. The molecule has 0 saturated carbocycles. The number of aromatic nitrogens is 2. The maximum absolute atomic E-state index is 4.22. The summed E-state index contributed by atoms with van der Waals surface area (Å²) in [6, 6.07) is 2.07. The highest BCUT2D eigenvalue weighted by molar-refractivity contribution is 9.13. The number of thiophene rings is 1. The topological polar surface area (TPSA) is 37.8 Å². The fraction of sp³-hybridized carbons (Fsp3) is 0.400. The van der Waals surface area contributed by atoms with Crippen molar-refractivity contribution in [2.75, 3.05) is 6.54 Å². The van der Waals surface area contributed by atoms with Crippen LogP contribution >= 0.6 is 54.5 Å². The number of hydrogen-bond donors (Lipinski definition) is 1. The van der Waals surface area contributed by atoms with Gasteiger partial charge in [-0.1, -0.05) is 18.3 Å². The minimum Gasteiger partial charge on any atom is -0.310 e. The van der Waals surface area contributed by atoms with Crippen LogP contribution in [-0.4, -0.2) is 16.7 Å². The molecule has 7 heteroatoms. The lowest BCUT2D eigenvalue weighted by Gasteiger charge is -1.96. The Kier molecular flexibility index (Phi) is 5.10. The first kappa shape index (κ1) is 13.6. The maximum Gasteiger partial charge on any atom is 0.157 e. The van der Waals surface area contributed by atoms with E-state index in [0.29, 0.717) is 0 Å². The SMILES string of the molecule is CCCNCc1nnc(-c2cc(Br)c(Br)s2)s1. The minimum atomic E-state index is 0.805. The van der Waals surface area contributed by atoms with E-state index in [4.69, 9.17) is 0 Å². The van der Waals surface area contributed by atoms with Crippen molar-refractivity contribution in [2.45, 2.75) is 19.9 Å². The van der Waals surface area contributed by atoms with Gasteiger partial charge in [0.05, 0.1) is 8.66 Å². The maximum atomic E-state index is 4.22. The summed E-state index contributed by atoms with van der Waals surface area (Å²) in [6.45, 7) is 3.98. The van der Waals surface area contributed by atoms with Gasteiger partial charge in [0.2, 0.25) is 0 Å². The van der Waals surface area contributed by atoms with Gasteiger partial charge in [-0.3, -0.25) is 0 Å². The number of nitrogens with zero attached hydrogens (tertiary/aromatic N) is 2. The summed E-state index contributed by atoms with van der Waals surface area (Å²) >= 11 is 10.3. The lowest BCUT2D eigenvalue weighted by atomic mass is 10.5. The van der Waals surface area contributed by atoms with Crippen molar-refractivity contribution < 1.29 is 0 Å². The zero-order chi connectivity index (χ0) is 12.3. The number of rotatable bonds is 5. The Labute approximate surface area is 125 Å². The molecule has 3 nitrogen and oxygen atoms in total. The van der Waals surface area contributed by atoms with Crippen LogP contribution in [0.3, 0.4) is 0 Å². The van der Waals surface area contributed by atoms with E-state index < -0.39 is 0 Å². The third-order valence-corrected chi connectivity index (χ3v) is 6.37. The standard InChI is InChI=1S/C10H11Br2N3S2/c1-2-3-13-5-8-14-15-10(17-8)7-4-6(11)9(12)16-7/h4,13H,2-3,5H2,1H3. The molecule has 0 saturated heterocycles. The average molecular weight is 397 g/mol. The Morgan fingerprint density at radius 1 is 1.29 bits per heavy atom. The first-order valence-electron chi connectivity index (χ1n) is 5.19. The summed E-state index contributed by atoms with van der Waals surface area (Å²) in [5, 5.41) is 13.7. The van der Waals surface area contributed by atoms with Gasteiger partial charge >= 0.3 is 0 Å². The van der Waals surface area contributed by atoms with E-state index >= 15 is 0 Å². The number of nitrogens with one attached hydrogen (secondary N) is 1. The van der Waals surface area contributed by atoms with E-state index in [0.717, 1.165) is 42.7 Å². The predicted octanol–water partition coefficient (Wildman–Crippen LogP) is 4.29. The van der Waals surface area contributed by atoms with Crippen LogP contribution in [0, 0.1) is 0 Å². The lowest BCUT2D eigenvalue weighted by Crippen LogP contribution is -2.13. The molecule has 0 bridgehead atoms. The van der Waals surface area contributed by atoms with Gasteiger partial charge in [0.15, 0.2) is 5.01 Å². The van der Waals surface area contributed by atoms with Gasteiger partial charge in [-0.2, -0.15) is 0 Å². The molecule has 0 fully saturated rings. The molecule has 0 spiro atoms. The zero-order valence-electron chi connectivity index (χ0n) is 9.17. The van der Waals surface area contributed by atoms with Crippen molar-refractivity contribution in [1.29, 1.82) is 0 Å². The van der Waals surface area contributed by atoms with Gasteiger partial charge in [0.1, 0.15) is 5.01 Å². The first-order valence-corrected chi connectivity index (χ1v) is 8.41. The van der Waals surface area contributed by atoms with Crippen molar-refractivity contribution in [2.24, 2.45) is 0 Å². The highest BCUT2D eigenvalue weighted by atomic mass is 79.9. The molecule has 92 valence electrons. The highest BCUT2D eigenvalue weighted by Crippen LogP contribution is 2.39. The molecule has 0 radical (unpaired) electrons. The largest absolute Gasteiger partial charge is 0.310 e. The molecule has 0 aliphatic rings. The average Bonchev–Trinajstić information content (AvgIpc) is 2.88. The quantitative estimate of drug-likeness (QED) is 0.766. The van der Waals surface area contributed by atoms with Gasteiger partial charge in [0, 0.05) is 11.0 Å². The van der Waals surface area contributed by atoms with Crippen LogP contribution in [0.1, 0.15) is 18.4 Å². The fourth-order valence-electron chi connectivity index (χ4n) is 1.25. The third-order valence-electron chi connectivity index (χ3n) is 2.03. The van der Waals surface area contributed by atoms with E-state index in [1.807, 2.05) is 0 Å². The molecule has 0 atom stereocenters. The van der Waals surface area contributed by atoms with Crippen LogP contribution in [0.5, 0.6) is 0 Å². The van der Waals surface area contributed by atoms with Gasteiger partial charge < -0.3 is 5.32 Å². The van der Waals surface area contributed by atoms with E-state index in [1.165, 1.54) is 0 Å². The van der Waals surface area contributed by atoms with Crippen molar-refractivity contribution in [3.63, 3.8) is 0 Å². The van der Waals surface area contributed by atoms with E-state index in [-0.39, 0.29) is 0 Å². The Morgan fingerprint density at radius 2 is 2.12 bits per heavy atom. The van der Waals surface area contributed by atoms with Crippen LogP contribution in [0.25, 0.3) is 9.88 Å². The van der Waals surface area contributed by atoms with Crippen LogP contribution in [0.4, 0.5) is 0 Å². The summed E-state index contributed by atoms with van der Waals surface area (Å²) < 4.78 is 2.16. The van der Waals surface area contributed by atoms with Crippen LogP contribution in [-0.2, 0) is 6.54 Å². The van der Waals surface area contributed by atoms with Crippen molar-refractivity contribution in [3.05, 3.63) is 19.3 Å². The smallest absolute Gasteiger partial charge is 0.157 e. The monoisotopic (exact) mass is 395 g/mol. The summed E-state index contributed by atoms with van der Waals surface area (Å²) in [7, 11) is 0. The van der Waals surface area contributed by atoms with Gasteiger partial charge in [-0.25, -0.2) is 0 Å². The van der Waals surface area contributed by atoms with Gasteiger partial charge in [-0.05, 0) is 50.9 Å². The summed E-state index contributed by atoms with van der Waals surface area (Å²) in [5.74, 6) is 0. The Balaban J connectivity index is 2.07. The van der Waals surface area contributed by atoms with Gasteiger partial charge in [-0.15, -0.1) is 21.5 Å². The Hall–Kier alpha value is 0.180. The van der Waals surface area contributed by atoms with E-state index in [1.54, 1.807) is 22.7 Å². The molecule has 0 aromatic carbocycles. The Bertz CT molecular complexity index is 476. The van der Waals surface area contributed by atoms with E-state index in [9.17, 15) is 0 Å². The normalized spacial score (nSPS) is 11.0.